The maximum Gasteiger partial charge on any atom is 0.253 e. The van der Waals surface area contributed by atoms with Gasteiger partial charge in [-0.05, 0) is 48.4 Å². The second kappa shape index (κ2) is 7.90. The fraction of sp³-hybridized carbons (Fsp3) is 0.316. The zero-order chi connectivity index (χ0) is 18.7. The molecule has 2 aromatic rings. The van der Waals surface area contributed by atoms with Crippen LogP contribution in [-0.2, 0) is 16.4 Å². The maximum absolute atomic E-state index is 12.8. The summed E-state index contributed by atoms with van der Waals surface area (Å²) < 4.78 is 27.9. The molecule has 26 heavy (non-hydrogen) atoms. The lowest BCUT2D eigenvalue weighted by Crippen LogP contribution is -2.50. The molecule has 1 saturated heterocycles. The molecule has 0 N–H and O–H groups in total. The molecule has 1 aliphatic heterocycles. The number of carbonyl (C=O) groups is 1. The van der Waals surface area contributed by atoms with Crippen molar-refractivity contribution in [3.05, 3.63) is 64.1 Å². The molecule has 3 rings (SSSR count). The van der Waals surface area contributed by atoms with Crippen molar-refractivity contribution in [3.8, 4) is 0 Å². The monoisotopic (exact) mass is 436 g/mol. The minimum absolute atomic E-state index is 0.0677. The van der Waals surface area contributed by atoms with Crippen molar-refractivity contribution in [3.63, 3.8) is 0 Å². The molecule has 1 heterocycles. The van der Waals surface area contributed by atoms with Crippen LogP contribution in [0.3, 0.4) is 0 Å². The smallest absolute Gasteiger partial charge is 0.253 e. The summed E-state index contributed by atoms with van der Waals surface area (Å²) in [5.74, 6) is -0.0677. The summed E-state index contributed by atoms with van der Waals surface area (Å²) in [5.41, 5.74) is 1.72. The van der Waals surface area contributed by atoms with Crippen molar-refractivity contribution < 1.29 is 13.2 Å². The van der Waals surface area contributed by atoms with Crippen LogP contribution in [0.15, 0.2) is 57.9 Å². The van der Waals surface area contributed by atoms with Crippen LogP contribution in [0.25, 0.3) is 0 Å². The van der Waals surface area contributed by atoms with Gasteiger partial charge in [0, 0.05) is 36.2 Å². The lowest BCUT2D eigenvalue weighted by Gasteiger charge is -2.34. The number of sulfonamides is 1. The Morgan fingerprint density at radius 1 is 0.962 bits per heavy atom. The Hall–Kier alpha value is -1.70. The zero-order valence-electron chi connectivity index (χ0n) is 14.6. The van der Waals surface area contributed by atoms with Crippen LogP contribution in [-0.4, -0.2) is 49.7 Å². The molecule has 5 nitrogen and oxygen atoms in total. The molecule has 0 aromatic heterocycles. The lowest BCUT2D eigenvalue weighted by atomic mass is 10.2. The number of piperazine rings is 1. The van der Waals surface area contributed by atoms with E-state index >= 15 is 0 Å². The summed E-state index contributed by atoms with van der Waals surface area (Å²) in [5, 5.41) is 0. The standard InChI is InChI=1S/C19H21BrN2O3S/c1-2-15-3-9-18(10-4-15)26(24,25)22-13-11-21(12-14-22)19(23)16-5-7-17(20)8-6-16/h3-10H,2,11-14H2,1H3. The van der Waals surface area contributed by atoms with E-state index in [9.17, 15) is 13.2 Å². The van der Waals surface area contributed by atoms with Crippen LogP contribution in [0.1, 0.15) is 22.8 Å². The molecule has 2 aromatic carbocycles. The van der Waals surface area contributed by atoms with E-state index in [-0.39, 0.29) is 5.91 Å². The lowest BCUT2D eigenvalue weighted by molar-refractivity contribution is 0.0698. The van der Waals surface area contributed by atoms with E-state index in [4.69, 9.17) is 0 Å². The quantitative estimate of drug-likeness (QED) is 0.739. The van der Waals surface area contributed by atoms with Gasteiger partial charge in [-0.2, -0.15) is 4.31 Å². The van der Waals surface area contributed by atoms with Gasteiger partial charge in [0.1, 0.15) is 0 Å². The molecular weight excluding hydrogens is 416 g/mol. The van der Waals surface area contributed by atoms with Crippen molar-refractivity contribution in [1.82, 2.24) is 9.21 Å². The van der Waals surface area contributed by atoms with Crippen molar-refractivity contribution in [2.24, 2.45) is 0 Å². The minimum atomic E-state index is -3.52. The van der Waals surface area contributed by atoms with Gasteiger partial charge in [-0.3, -0.25) is 4.79 Å². The first-order valence-corrected chi connectivity index (χ1v) is 10.8. The molecule has 7 heteroatoms. The zero-order valence-corrected chi connectivity index (χ0v) is 17.0. The molecule has 0 radical (unpaired) electrons. The summed E-state index contributed by atoms with van der Waals surface area (Å²) in [4.78, 5) is 14.6. The van der Waals surface area contributed by atoms with Gasteiger partial charge in [-0.1, -0.05) is 35.0 Å². The van der Waals surface area contributed by atoms with Gasteiger partial charge >= 0.3 is 0 Å². The van der Waals surface area contributed by atoms with E-state index in [0.717, 1.165) is 16.5 Å². The third-order valence-electron chi connectivity index (χ3n) is 4.59. The largest absolute Gasteiger partial charge is 0.336 e. The topological polar surface area (TPSA) is 57.7 Å². The summed E-state index contributed by atoms with van der Waals surface area (Å²) in [6.45, 7) is 3.42. The van der Waals surface area contributed by atoms with Crippen LogP contribution in [0.4, 0.5) is 0 Å². The van der Waals surface area contributed by atoms with Gasteiger partial charge in [0.2, 0.25) is 10.0 Å². The molecule has 0 spiro atoms. The van der Waals surface area contributed by atoms with Gasteiger partial charge in [0.25, 0.3) is 5.91 Å². The number of hydrogen-bond donors (Lipinski definition) is 0. The van der Waals surface area contributed by atoms with E-state index in [2.05, 4.69) is 15.9 Å². The summed E-state index contributed by atoms with van der Waals surface area (Å²) in [7, 11) is -3.52. The van der Waals surface area contributed by atoms with Crippen molar-refractivity contribution in [2.75, 3.05) is 26.2 Å². The predicted octanol–water partition coefficient (Wildman–Crippen LogP) is 3.16. The van der Waals surface area contributed by atoms with Crippen LogP contribution < -0.4 is 0 Å². The maximum atomic E-state index is 12.8. The van der Waals surface area contributed by atoms with Crippen molar-refractivity contribution >= 4 is 31.9 Å². The Labute approximate surface area is 162 Å². The minimum Gasteiger partial charge on any atom is -0.336 e. The molecule has 0 aliphatic carbocycles. The SMILES string of the molecule is CCc1ccc(S(=O)(=O)N2CCN(C(=O)c3ccc(Br)cc3)CC2)cc1. The number of amides is 1. The molecular formula is C19H21BrN2O3S. The van der Waals surface area contributed by atoms with E-state index in [1.54, 1.807) is 29.2 Å². The van der Waals surface area contributed by atoms with Gasteiger partial charge in [0.05, 0.1) is 4.90 Å². The second-order valence-corrected chi connectivity index (χ2v) is 9.05. The highest BCUT2D eigenvalue weighted by Crippen LogP contribution is 2.20. The van der Waals surface area contributed by atoms with Gasteiger partial charge in [-0.25, -0.2) is 8.42 Å². The van der Waals surface area contributed by atoms with Crippen LogP contribution in [0.2, 0.25) is 0 Å². The molecule has 1 amide bonds. The molecule has 0 bridgehead atoms. The Morgan fingerprint density at radius 2 is 1.54 bits per heavy atom. The van der Waals surface area contributed by atoms with Crippen molar-refractivity contribution in [1.29, 1.82) is 0 Å². The Morgan fingerprint density at radius 3 is 2.08 bits per heavy atom. The van der Waals surface area contributed by atoms with Crippen LogP contribution in [0.5, 0.6) is 0 Å². The number of benzene rings is 2. The first-order chi connectivity index (χ1) is 12.4. The van der Waals surface area contributed by atoms with E-state index < -0.39 is 10.0 Å². The number of hydrogen-bond acceptors (Lipinski definition) is 3. The first kappa shape index (κ1) is 19.1. The molecule has 0 atom stereocenters. The fourth-order valence-corrected chi connectivity index (χ4v) is 4.64. The molecule has 138 valence electrons. The highest BCUT2D eigenvalue weighted by Gasteiger charge is 2.30. The Balaban J connectivity index is 1.67. The normalized spacial score (nSPS) is 15.8. The number of nitrogens with zero attached hydrogens (tertiary/aromatic N) is 2. The van der Waals surface area contributed by atoms with Crippen LogP contribution >= 0.6 is 15.9 Å². The number of rotatable bonds is 4. The van der Waals surface area contributed by atoms with E-state index in [1.807, 2.05) is 31.2 Å². The molecule has 1 aliphatic rings. The Bertz CT molecular complexity index is 872. The number of carbonyl (C=O) groups excluding carboxylic acids is 1. The highest BCUT2D eigenvalue weighted by atomic mass is 79.9. The third kappa shape index (κ3) is 4.00. The first-order valence-electron chi connectivity index (χ1n) is 8.56. The molecule has 1 fully saturated rings. The average Bonchev–Trinajstić information content (AvgIpc) is 2.68. The van der Waals surface area contributed by atoms with E-state index in [1.165, 1.54) is 4.31 Å². The average molecular weight is 437 g/mol. The van der Waals surface area contributed by atoms with Gasteiger partial charge in [0.15, 0.2) is 0 Å². The molecule has 0 saturated carbocycles. The van der Waals surface area contributed by atoms with E-state index in [0.29, 0.717) is 36.6 Å². The fourth-order valence-electron chi connectivity index (χ4n) is 2.95. The molecule has 0 unspecified atom stereocenters. The highest BCUT2D eigenvalue weighted by molar-refractivity contribution is 9.10. The van der Waals surface area contributed by atoms with Crippen molar-refractivity contribution in [2.45, 2.75) is 18.2 Å². The third-order valence-corrected chi connectivity index (χ3v) is 7.03. The second-order valence-electron chi connectivity index (χ2n) is 6.20. The predicted molar refractivity (Wildman–Crippen MR) is 105 cm³/mol. The number of halogens is 1. The van der Waals surface area contributed by atoms with Gasteiger partial charge < -0.3 is 4.90 Å². The summed E-state index contributed by atoms with van der Waals surface area (Å²) in [6, 6.07) is 14.2. The summed E-state index contributed by atoms with van der Waals surface area (Å²) >= 11 is 3.35. The van der Waals surface area contributed by atoms with Gasteiger partial charge in [-0.15, -0.1) is 0 Å². The summed E-state index contributed by atoms with van der Waals surface area (Å²) in [6.07, 6.45) is 0.872. The van der Waals surface area contributed by atoms with Crippen LogP contribution in [0, 0.1) is 0 Å². The Kier molecular flexibility index (Phi) is 5.79. The number of aryl methyl sites for hydroxylation is 1.